The highest BCUT2D eigenvalue weighted by Gasteiger charge is 2.19. The van der Waals surface area contributed by atoms with Crippen LogP contribution >= 0.6 is 0 Å². The quantitative estimate of drug-likeness (QED) is 0.473. The number of nitrogens with zero attached hydrogens (tertiary/aromatic N) is 2. The van der Waals surface area contributed by atoms with Gasteiger partial charge in [0, 0.05) is 0 Å². The molecule has 0 N–H and O–H groups in total. The van der Waals surface area contributed by atoms with E-state index in [-0.39, 0.29) is 12.4 Å². The molecule has 0 spiro atoms. The summed E-state index contributed by atoms with van der Waals surface area (Å²) >= 11 is 0. The first-order chi connectivity index (χ1) is 8.99. The van der Waals surface area contributed by atoms with E-state index in [1.807, 2.05) is 0 Å². The molecule has 0 bridgehead atoms. The maximum atomic E-state index is 11.6. The largest absolute Gasteiger partial charge is 0.455 e. The predicted octanol–water partition coefficient (Wildman–Crippen LogP) is 2.15. The minimum Gasteiger partial charge on any atom is -0.455 e. The third kappa shape index (κ3) is 2.62. The first-order valence-corrected chi connectivity index (χ1v) is 5.32. The smallest absolute Gasteiger partial charge is 0.433 e. The van der Waals surface area contributed by atoms with Gasteiger partial charge in [-0.15, -0.1) is 0 Å². The van der Waals surface area contributed by atoms with Crippen molar-refractivity contribution in [3.63, 3.8) is 0 Å². The SMILES string of the molecule is Cc1noc(C)c1COC(=O)c1ccc([N+](=O)[O-])o1. The number of carbonyl (C=O) groups is 1. The van der Waals surface area contributed by atoms with Crippen LogP contribution in [0.15, 0.2) is 21.1 Å². The summed E-state index contributed by atoms with van der Waals surface area (Å²) in [6, 6.07) is 2.28. The molecule has 2 rings (SSSR count). The molecule has 0 atom stereocenters. The summed E-state index contributed by atoms with van der Waals surface area (Å²) < 4.78 is 14.6. The molecule has 8 heteroatoms. The van der Waals surface area contributed by atoms with Crippen LogP contribution in [-0.2, 0) is 11.3 Å². The molecule has 0 radical (unpaired) electrons. The fourth-order valence-corrected chi connectivity index (χ4v) is 1.45. The number of ether oxygens (including phenoxy) is 1. The van der Waals surface area contributed by atoms with E-state index in [2.05, 4.69) is 5.16 Å². The number of nitro groups is 1. The second kappa shape index (κ2) is 4.92. The second-order valence-corrected chi connectivity index (χ2v) is 3.77. The molecule has 2 aromatic rings. The Morgan fingerprint density at radius 2 is 2.21 bits per heavy atom. The Kier molecular flexibility index (Phi) is 3.32. The maximum Gasteiger partial charge on any atom is 0.433 e. The van der Waals surface area contributed by atoms with Crippen molar-refractivity contribution in [3.05, 3.63) is 45.0 Å². The highest BCUT2D eigenvalue weighted by atomic mass is 16.7. The van der Waals surface area contributed by atoms with E-state index in [0.29, 0.717) is 17.0 Å². The Bertz CT molecular complexity index is 607. The van der Waals surface area contributed by atoms with Crippen LogP contribution < -0.4 is 0 Å². The van der Waals surface area contributed by atoms with E-state index in [1.54, 1.807) is 13.8 Å². The minimum atomic E-state index is -0.784. The van der Waals surface area contributed by atoms with Crippen LogP contribution in [0.5, 0.6) is 0 Å². The van der Waals surface area contributed by atoms with Gasteiger partial charge >= 0.3 is 11.9 Å². The molecule has 0 aliphatic heterocycles. The normalized spacial score (nSPS) is 10.4. The number of hydrogen-bond donors (Lipinski definition) is 0. The van der Waals surface area contributed by atoms with E-state index in [1.165, 1.54) is 6.07 Å². The molecule has 100 valence electrons. The summed E-state index contributed by atoms with van der Waals surface area (Å²) in [5.41, 5.74) is 1.28. The number of hydrogen-bond acceptors (Lipinski definition) is 7. The van der Waals surface area contributed by atoms with Crippen LogP contribution in [0.25, 0.3) is 0 Å². The van der Waals surface area contributed by atoms with E-state index in [0.717, 1.165) is 6.07 Å². The van der Waals surface area contributed by atoms with Gasteiger partial charge < -0.3 is 13.7 Å². The molecule has 19 heavy (non-hydrogen) atoms. The zero-order chi connectivity index (χ0) is 14.0. The molecule has 0 amide bonds. The van der Waals surface area contributed by atoms with Crippen molar-refractivity contribution in [1.29, 1.82) is 0 Å². The van der Waals surface area contributed by atoms with Crippen molar-refractivity contribution >= 4 is 11.9 Å². The molecule has 0 saturated carbocycles. The molecule has 8 nitrogen and oxygen atoms in total. The summed E-state index contributed by atoms with van der Waals surface area (Å²) in [5.74, 6) is -0.966. The van der Waals surface area contributed by atoms with Crippen LogP contribution in [0.1, 0.15) is 27.6 Å². The van der Waals surface area contributed by atoms with Gasteiger partial charge in [-0.1, -0.05) is 5.16 Å². The fraction of sp³-hybridized carbons (Fsp3) is 0.273. The minimum absolute atomic E-state index is 0.0332. The van der Waals surface area contributed by atoms with Crippen LogP contribution in [0.2, 0.25) is 0 Å². The third-order valence-electron chi connectivity index (χ3n) is 2.50. The van der Waals surface area contributed by atoms with Gasteiger partial charge in [-0.2, -0.15) is 0 Å². The first-order valence-electron chi connectivity index (χ1n) is 5.32. The van der Waals surface area contributed by atoms with Crippen molar-refractivity contribution in [1.82, 2.24) is 5.16 Å². The van der Waals surface area contributed by atoms with Gasteiger partial charge in [0.25, 0.3) is 0 Å². The van der Waals surface area contributed by atoms with Crippen LogP contribution in [-0.4, -0.2) is 16.0 Å². The molecule has 0 aromatic carbocycles. The van der Waals surface area contributed by atoms with Gasteiger partial charge in [0.15, 0.2) is 0 Å². The number of aryl methyl sites for hydroxylation is 2. The van der Waals surface area contributed by atoms with Crippen LogP contribution in [0.4, 0.5) is 5.88 Å². The van der Waals surface area contributed by atoms with Gasteiger partial charge in [0.05, 0.1) is 17.3 Å². The number of rotatable bonds is 4. The topological polar surface area (TPSA) is 109 Å². The molecular formula is C11H10N2O6. The average Bonchev–Trinajstić information content (AvgIpc) is 2.95. The number of carbonyl (C=O) groups excluding carboxylic acids is 1. The third-order valence-corrected chi connectivity index (χ3v) is 2.50. The van der Waals surface area contributed by atoms with Crippen molar-refractivity contribution in [2.45, 2.75) is 20.5 Å². The Morgan fingerprint density at radius 1 is 1.47 bits per heavy atom. The van der Waals surface area contributed by atoms with E-state index in [9.17, 15) is 14.9 Å². The lowest BCUT2D eigenvalue weighted by atomic mass is 10.2. The summed E-state index contributed by atoms with van der Waals surface area (Å²) in [7, 11) is 0. The Hall–Kier alpha value is -2.64. The Labute approximate surface area is 107 Å². The summed E-state index contributed by atoms with van der Waals surface area (Å²) in [6.45, 7) is 3.38. The van der Waals surface area contributed by atoms with Gasteiger partial charge in [-0.05, 0) is 19.9 Å². The zero-order valence-corrected chi connectivity index (χ0v) is 10.2. The van der Waals surface area contributed by atoms with E-state index < -0.39 is 16.8 Å². The van der Waals surface area contributed by atoms with Crippen molar-refractivity contribution < 1.29 is 23.4 Å². The number of esters is 1. The van der Waals surface area contributed by atoms with Gasteiger partial charge in [0.1, 0.15) is 17.3 Å². The molecular weight excluding hydrogens is 256 g/mol. The molecule has 0 unspecified atom stereocenters. The lowest BCUT2D eigenvalue weighted by Gasteiger charge is -2.01. The lowest BCUT2D eigenvalue weighted by molar-refractivity contribution is -0.402. The summed E-state index contributed by atoms with van der Waals surface area (Å²) in [5, 5.41) is 14.1. The van der Waals surface area contributed by atoms with Crippen molar-refractivity contribution in [2.75, 3.05) is 0 Å². The van der Waals surface area contributed by atoms with Crippen molar-refractivity contribution in [2.24, 2.45) is 0 Å². The van der Waals surface area contributed by atoms with E-state index >= 15 is 0 Å². The highest BCUT2D eigenvalue weighted by Crippen LogP contribution is 2.18. The van der Waals surface area contributed by atoms with Gasteiger partial charge in [-0.25, -0.2) is 4.79 Å². The maximum absolute atomic E-state index is 11.6. The van der Waals surface area contributed by atoms with Gasteiger partial charge in [0.2, 0.25) is 5.76 Å². The van der Waals surface area contributed by atoms with E-state index in [4.69, 9.17) is 13.7 Å². The number of aromatic nitrogens is 1. The molecule has 0 saturated heterocycles. The standard InChI is InChI=1S/C11H10N2O6/c1-6-8(7(2)19-12-6)5-17-11(14)9-3-4-10(18-9)13(15)16/h3-4H,5H2,1-2H3. The Balaban J connectivity index is 2.03. The monoisotopic (exact) mass is 266 g/mol. The molecule has 0 fully saturated rings. The molecule has 2 heterocycles. The molecule has 2 aromatic heterocycles. The van der Waals surface area contributed by atoms with Crippen molar-refractivity contribution in [3.8, 4) is 0 Å². The first kappa shape index (κ1) is 12.8. The van der Waals surface area contributed by atoms with Gasteiger partial charge in [-0.3, -0.25) is 10.1 Å². The molecule has 0 aliphatic carbocycles. The summed E-state index contributed by atoms with van der Waals surface area (Å²) in [6.07, 6.45) is 0. The van der Waals surface area contributed by atoms with Crippen LogP contribution in [0.3, 0.4) is 0 Å². The van der Waals surface area contributed by atoms with Crippen LogP contribution in [0, 0.1) is 24.0 Å². The fourth-order valence-electron chi connectivity index (χ4n) is 1.45. The summed E-state index contributed by atoms with van der Waals surface area (Å²) in [4.78, 5) is 21.3. The molecule has 0 aliphatic rings. The second-order valence-electron chi connectivity index (χ2n) is 3.77. The predicted molar refractivity (Wildman–Crippen MR) is 60.5 cm³/mol. The Morgan fingerprint density at radius 3 is 2.74 bits per heavy atom. The zero-order valence-electron chi connectivity index (χ0n) is 10.2. The average molecular weight is 266 g/mol. The lowest BCUT2D eigenvalue weighted by Crippen LogP contribution is -2.05. The highest BCUT2D eigenvalue weighted by molar-refractivity contribution is 5.86. The number of furan rings is 1.